The summed E-state index contributed by atoms with van der Waals surface area (Å²) in [7, 11) is 0. The fourth-order valence-corrected chi connectivity index (χ4v) is 4.93. The van der Waals surface area contributed by atoms with Crippen molar-refractivity contribution in [1.82, 2.24) is 10.2 Å². The van der Waals surface area contributed by atoms with Crippen LogP contribution in [0, 0.1) is 0 Å². The van der Waals surface area contributed by atoms with Gasteiger partial charge in [0.15, 0.2) is 0 Å². The molecule has 0 aliphatic carbocycles. The number of esters is 1. The van der Waals surface area contributed by atoms with Crippen LogP contribution < -0.4 is 10.6 Å². The number of nitrogens with zero attached hydrogens (tertiary/aromatic N) is 1. The Hall–Kier alpha value is -3.81. The number of halogens is 2. The van der Waals surface area contributed by atoms with E-state index in [0.29, 0.717) is 34.1 Å². The molecule has 1 atom stereocenters. The van der Waals surface area contributed by atoms with E-state index in [-0.39, 0.29) is 23.2 Å². The molecule has 3 aromatic rings. The second-order valence-corrected chi connectivity index (χ2v) is 9.78. The lowest BCUT2D eigenvalue weighted by molar-refractivity contribution is -0.138. The Bertz CT molecular complexity index is 1410. The zero-order chi connectivity index (χ0) is 27.9. The first-order valence-corrected chi connectivity index (χ1v) is 13.5. The lowest BCUT2D eigenvalue weighted by Crippen LogP contribution is -2.48. The van der Waals surface area contributed by atoms with E-state index >= 15 is 0 Å². The van der Waals surface area contributed by atoms with Gasteiger partial charge in [-0.3, -0.25) is 9.69 Å². The predicted octanol–water partition coefficient (Wildman–Crippen LogP) is 7.09. The predicted molar refractivity (Wildman–Crippen MR) is 154 cm³/mol. The highest BCUT2D eigenvalue weighted by molar-refractivity contribution is 6.37. The molecule has 0 saturated carbocycles. The molecular formula is C30H29Cl2N3O4. The highest BCUT2D eigenvalue weighted by atomic mass is 35.5. The molecule has 0 bridgehead atoms. The largest absolute Gasteiger partial charge is 0.463 e. The van der Waals surface area contributed by atoms with Crippen molar-refractivity contribution < 1.29 is 19.1 Å². The number of carbonyl (C=O) groups excluding carboxylic acids is 3. The van der Waals surface area contributed by atoms with E-state index in [1.165, 1.54) is 6.07 Å². The quantitative estimate of drug-likeness (QED) is 0.271. The Labute approximate surface area is 237 Å². The molecular weight excluding hydrogens is 537 g/mol. The van der Waals surface area contributed by atoms with Crippen LogP contribution in [0.15, 0.2) is 78.4 Å². The monoisotopic (exact) mass is 565 g/mol. The molecule has 0 aromatic heterocycles. The first-order valence-electron chi connectivity index (χ1n) is 12.7. The lowest BCUT2D eigenvalue weighted by atomic mass is 9.91. The van der Waals surface area contributed by atoms with Crippen molar-refractivity contribution in [2.75, 3.05) is 18.5 Å². The van der Waals surface area contributed by atoms with Crippen molar-refractivity contribution in [2.45, 2.75) is 32.7 Å². The standard InChI is InChI=1S/C30H29Cl2N3O4/c1-3-5-16-35-27(19-10-7-6-8-11-19)25(29(37)39-4-2)26(34-30(35)38)20-12-9-13-22(17-20)33-28(36)23-15-14-21(31)18-24(23)32/h6-15,17-18,26H,3-5,16H2,1-2H3,(H,33,36)(H,34,38). The summed E-state index contributed by atoms with van der Waals surface area (Å²) in [6.07, 6.45) is 1.64. The number of ether oxygens (including phenoxy) is 1. The van der Waals surface area contributed by atoms with Crippen molar-refractivity contribution in [3.05, 3.63) is 105 Å². The van der Waals surface area contributed by atoms with Crippen LogP contribution in [-0.2, 0) is 9.53 Å². The van der Waals surface area contributed by atoms with Gasteiger partial charge in [0, 0.05) is 17.3 Å². The molecule has 0 spiro atoms. The maximum absolute atomic E-state index is 13.5. The minimum absolute atomic E-state index is 0.179. The minimum atomic E-state index is -0.805. The second-order valence-electron chi connectivity index (χ2n) is 8.94. The van der Waals surface area contributed by atoms with E-state index in [9.17, 15) is 14.4 Å². The van der Waals surface area contributed by atoms with Gasteiger partial charge in [0.25, 0.3) is 5.91 Å². The van der Waals surface area contributed by atoms with E-state index < -0.39 is 17.9 Å². The highest BCUT2D eigenvalue weighted by Crippen LogP contribution is 2.37. The molecule has 0 radical (unpaired) electrons. The van der Waals surface area contributed by atoms with Crippen molar-refractivity contribution in [3.8, 4) is 0 Å². The third-order valence-electron chi connectivity index (χ3n) is 6.26. The Kier molecular flexibility index (Phi) is 9.28. The summed E-state index contributed by atoms with van der Waals surface area (Å²) in [5, 5.41) is 6.47. The molecule has 3 amide bonds. The van der Waals surface area contributed by atoms with Gasteiger partial charge in [0.05, 0.1) is 34.5 Å². The van der Waals surface area contributed by atoms with Crippen molar-refractivity contribution >= 4 is 52.5 Å². The molecule has 1 unspecified atom stereocenters. The Morgan fingerprint density at radius 1 is 1.00 bits per heavy atom. The first kappa shape index (κ1) is 28.2. The van der Waals surface area contributed by atoms with Crippen molar-refractivity contribution in [2.24, 2.45) is 0 Å². The minimum Gasteiger partial charge on any atom is -0.463 e. The Morgan fingerprint density at radius 3 is 2.46 bits per heavy atom. The van der Waals surface area contributed by atoms with Gasteiger partial charge < -0.3 is 15.4 Å². The first-order chi connectivity index (χ1) is 18.8. The zero-order valence-electron chi connectivity index (χ0n) is 21.7. The number of hydrogen-bond donors (Lipinski definition) is 2. The third-order valence-corrected chi connectivity index (χ3v) is 6.81. The summed E-state index contributed by atoms with van der Waals surface area (Å²) in [6, 6.07) is 19.8. The van der Waals surface area contributed by atoms with Gasteiger partial charge in [-0.05, 0) is 54.8 Å². The van der Waals surface area contributed by atoms with E-state index in [1.54, 1.807) is 48.2 Å². The van der Waals surface area contributed by atoms with Crippen LogP contribution in [0.5, 0.6) is 0 Å². The molecule has 202 valence electrons. The SMILES string of the molecule is CCCCN1C(=O)NC(c2cccc(NC(=O)c3ccc(Cl)cc3Cl)c2)C(C(=O)OCC)=C1c1ccccc1. The van der Waals surface area contributed by atoms with Crippen LogP contribution in [-0.4, -0.2) is 36.0 Å². The summed E-state index contributed by atoms with van der Waals surface area (Å²) >= 11 is 12.2. The molecule has 0 fully saturated rings. The van der Waals surface area contributed by atoms with E-state index in [0.717, 1.165) is 18.4 Å². The number of unbranched alkanes of at least 4 members (excludes halogenated alkanes) is 1. The van der Waals surface area contributed by atoms with Gasteiger partial charge in [-0.25, -0.2) is 9.59 Å². The van der Waals surface area contributed by atoms with Gasteiger partial charge in [-0.15, -0.1) is 0 Å². The van der Waals surface area contributed by atoms with Crippen molar-refractivity contribution in [3.63, 3.8) is 0 Å². The highest BCUT2D eigenvalue weighted by Gasteiger charge is 2.38. The van der Waals surface area contributed by atoms with Crippen LogP contribution in [0.25, 0.3) is 5.70 Å². The average molecular weight is 566 g/mol. The third kappa shape index (κ3) is 6.44. The Morgan fingerprint density at radius 2 is 1.77 bits per heavy atom. The van der Waals surface area contributed by atoms with Crippen LogP contribution in [0.3, 0.4) is 0 Å². The molecule has 1 aliphatic heterocycles. The normalized spacial score (nSPS) is 15.1. The second kappa shape index (κ2) is 12.8. The van der Waals surface area contributed by atoms with Gasteiger partial charge in [0.1, 0.15) is 0 Å². The van der Waals surface area contributed by atoms with E-state index in [4.69, 9.17) is 27.9 Å². The van der Waals surface area contributed by atoms with E-state index in [1.807, 2.05) is 37.3 Å². The van der Waals surface area contributed by atoms with Crippen LogP contribution in [0.2, 0.25) is 10.0 Å². The smallest absolute Gasteiger partial charge is 0.338 e. The number of anilines is 1. The van der Waals surface area contributed by atoms with Crippen LogP contribution >= 0.6 is 23.2 Å². The summed E-state index contributed by atoms with van der Waals surface area (Å²) < 4.78 is 5.48. The fourth-order valence-electron chi connectivity index (χ4n) is 4.44. The molecule has 1 aliphatic rings. The molecule has 7 nitrogen and oxygen atoms in total. The number of carbonyl (C=O) groups is 3. The van der Waals surface area contributed by atoms with Crippen LogP contribution in [0.4, 0.5) is 10.5 Å². The molecule has 1 heterocycles. The maximum Gasteiger partial charge on any atom is 0.338 e. The molecule has 3 aromatic carbocycles. The maximum atomic E-state index is 13.5. The number of nitrogens with one attached hydrogen (secondary N) is 2. The summed E-state index contributed by atoms with van der Waals surface area (Å²) in [5.41, 5.74) is 2.91. The van der Waals surface area contributed by atoms with E-state index in [2.05, 4.69) is 10.6 Å². The van der Waals surface area contributed by atoms with Gasteiger partial charge >= 0.3 is 12.0 Å². The number of hydrogen-bond acceptors (Lipinski definition) is 4. The van der Waals surface area contributed by atoms with Gasteiger partial charge in [-0.1, -0.05) is 79.0 Å². The number of benzene rings is 3. The number of amides is 3. The fraction of sp³-hybridized carbons (Fsp3) is 0.233. The lowest BCUT2D eigenvalue weighted by Gasteiger charge is -2.37. The summed E-state index contributed by atoms with van der Waals surface area (Å²) in [4.78, 5) is 41.4. The summed E-state index contributed by atoms with van der Waals surface area (Å²) in [6.45, 7) is 4.40. The Balaban J connectivity index is 1.78. The van der Waals surface area contributed by atoms with Gasteiger partial charge in [0.2, 0.25) is 0 Å². The van der Waals surface area contributed by atoms with Gasteiger partial charge in [-0.2, -0.15) is 0 Å². The molecule has 2 N–H and O–H groups in total. The van der Waals surface area contributed by atoms with Crippen molar-refractivity contribution in [1.29, 1.82) is 0 Å². The number of urea groups is 1. The number of rotatable bonds is 9. The molecule has 39 heavy (non-hydrogen) atoms. The summed E-state index contributed by atoms with van der Waals surface area (Å²) in [5.74, 6) is -0.941. The molecule has 9 heteroatoms. The molecule has 0 saturated heterocycles. The average Bonchev–Trinajstić information content (AvgIpc) is 2.92. The topological polar surface area (TPSA) is 87.7 Å². The van der Waals surface area contributed by atoms with Crippen LogP contribution in [0.1, 0.15) is 54.2 Å². The zero-order valence-corrected chi connectivity index (χ0v) is 23.2. The molecule has 4 rings (SSSR count).